The number of alkyl halides is 3. The fraction of sp³-hybridized carbons (Fsp3) is 0.529. The number of benzene rings is 1. The Hall–Kier alpha value is -2.17. The van der Waals surface area contributed by atoms with Crippen molar-refractivity contribution in [3.63, 3.8) is 0 Å². The molecule has 1 aliphatic rings. The van der Waals surface area contributed by atoms with E-state index in [2.05, 4.69) is 10.2 Å². The highest BCUT2D eigenvalue weighted by molar-refractivity contribution is 7.92. The van der Waals surface area contributed by atoms with Gasteiger partial charge in [-0.25, -0.2) is 12.8 Å². The number of aromatic nitrogens is 3. The van der Waals surface area contributed by atoms with Crippen molar-refractivity contribution in [3.05, 3.63) is 36.2 Å². The zero-order chi connectivity index (χ0) is 20.7. The van der Waals surface area contributed by atoms with Crippen molar-refractivity contribution in [2.75, 3.05) is 18.0 Å². The highest BCUT2D eigenvalue weighted by Gasteiger charge is 2.48. The van der Waals surface area contributed by atoms with Gasteiger partial charge in [-0.1, -0.05) is 0 Å². The van der Waals surface area contributed by atoms with Gasteiger partial charge in [0, 0.05) is 25.0 Å². The van der Waals surface area contributed by atoms with Crippen LogP contribution in [0.25, 0.3) is 0 Å². The van der Waals surface area contributed by atoms with E-state index in [0.29, 0.717) is 24.9 Å². The topological polar surface area (TPSA) is 68.1 Å². The first-order valence-electron chi connectivity index (χ1n) is 8.77. The van der Waals surface area contributed by atoms with Crippen LogP contribution in [0.3, 0.4) is 0 Å². The predicted molar refractivity (Wildman–Crippen MR) is 94.2 cm³/mol. The monoisotopic (exact) mass is 420 g/mol. The molecule has 1 fully saturated rings. The zero-order valence-corrected chi connectivity index (χ0v) is 16.1. The van der Waals surface area contributed by atoms with Gasteiger partial charge in [0.2, 0.25) is 0 Å². The van der Waals surface area contributed by atoms with Crippen molar-refractivity contribution >= 4 is 15.5 Å². The lowest BCUT2D eigenvalue weighted by atomic mass is 9.96. The molecule has 1 saturated heterocycles. The van der Waals surface area contributed by atoms with E-state index in [1.807, 2.05) is 18.4 Å². The van der Waals surface area contributed by atoms with Gasteiger partial charge < -0.3 is 9.47 Å². The first kappa shape index (κ1) is 20.6. The van der Waals surface area contributed by atoms with Crippen molar-refractivity contribution in [2.45, 2.75) is 49.1 Å². The van der Waals surface area contributed by atoms with E-state index in [0.717, 1.165) is 18.6 Å². The molecule has 0 N–H and O–H groups in total. The Kier molecular flexibility index (Phi) is 5.39. The number of sulfone groups is 1. The molecule has 6 nitrogen and oxygen atoms in total. The van der Waals surface area contributed by atoms with Crippen LogP contribution in [0.5, 0.6) is 0 Å². The molecule has 1 aliphatic heterocycles. The largest absolute Gasteiger partial charge is 0.501 e. The van der Waals surface area contributed by atoms with E-state index >= 15 is 0 Å². The SMILES string of the molecule is CC(C)n1cnnc1[C@H]1CCCN(c2ccc(F)cc2S(=O)(=O)C(F)(F)F)C1. The minimum atomic E-state index is -5.69. The average Bonchev–Trinajstić information content (AvgIpc) is 3.11. The van der Waals surface area contributed by atoms with Crippen molar-refractivity contribution < 1.29 is 26.0 Å². The third-order valence-electron chi connectivity index (χ3n) is 4.80. The minimum Gasteiger partial charge on any atom is -0.370 e. The molecule has 28 heavy (non-hydrogen) atoms. The molecule has 0 aliphatic carbocycles. The molecule has 1 aromatic heterocycles. The fourth-order valence-corrected chi connectivity index (χ4v) is 4.43. The standard InChI is InChI=1S/C17H20F4N4O2S/c1-11(2)25-10-22-23-16(25)12-4-3-7-24(9-12)14-6-5-13(18)8-15(14)28(26,27)17(19,20)21/h5-6,8,10-12H,3-4,7,9H2,1-2H3/t12-/m0/s1. The quantitative estimate of drug-likeness (QED) is 0.706. The lowest BCUT2D eigenvalue weighted by Crippen LogP contribution is -2.37. The van der Waals surface area contributed by atoms with Gasteiger partial charge >= 0.3 is 5.51 Å². The Morgan fingerprint density at radius 3 is 2.61 bits per heavy atom. The van der Waals surface area contributed by atoms with Crippen LogP contribution in [0.4, 0.5) is 23.2 Å². The Bertz CT molecular complexity index is 956. The van der Waals surface area contributed by atoms with Crippen LogP contribution in [0.2, 0.25) is 0 Å². The summed E-state index contributed by atoms with van der Waals surface area (Å²) in [4.78, 5) is 0.483. The third kappa shape index (κ3) is 3.71. The lowest BCUT2D eigenvalue weighted by Gasteiger charge is -2.35. The number of halogens is 4. The van der Waals surface area contributed by atoms with E-state index < -0.39 is 26.1 Å². The van der Waals surface area contributed by atoms with Crippen LogP contribution in [-0.2, 0) is 9.84 Å². The van der Waals surface area contributed by atoms with Gasteiger partial charge in [-0.15, -0.1) is 10.2 Å². The summed E-state index contributed by atoms with van der Waals surface area (Å²) in [6.07, 6.45) is 2.96. The molecule has 0 radical (unpaired) electrons. The fourth-order valence-electron chi connectivity index (χ4n) is 3.44. The second-order valence-corrected chi connectivity index (χ2v) is 8.95. The summed E-state index contributed by atoms with van der Waals surface area (Å²) in [6, 6.07) is 2.58. The van der Waals surface area contributed by atoms with E-state index in [-0.39, 0.29) is 24.2 Å². The van der Waals surface area contributed by atoms with E-state index in [4.69, 9.17) is 0 Å². The molecule has 1 aromatic carbocycles. The lowest BCUT2D eigenvalue weighted by molar-refractivity contribution is -0.0435. The summed E-state index contributed by atoms with van der Waals surface area (Å²) in [5, 5.41) is 8.06. The molecule has 0 saturated carbocycles. The second-order valence-electron chi connectivity index (χ2n) is 7.04. The van der Waals surface area contributed by atoms with Gasteiger partial charge in [0.15, 0.2) is 0 Å². The molecular formula is C17H20F4N4O2S. The van der Waals surface area contributed by atoms with Crippen LogP contribution in [-0.4, -0.2) is 41.8 Å². The number of hydrogen-bond acceptors (Lipinski definition) is 5. The Morgan fingerprint density at radius 2 is 1.96 bits per heavy atom. The maximum atomic E-state index is 13.6. The normalized spacial score (nSPS) is 18.7. The van der Waals surface area contributed by atoms with Crippen molar-refractivity contribution in [1.29, 1.82) is 0 Å². The first-order valence-corrected chi connectivity index (χ1v) is 10.3. The molecule has 0 amide bonds. The molecule has 1 atom stereocenters. The van der Waals surface area contributed by atoms with E-state index in [9.17, 15) is 26.0 Å². The van der Waals surface area contributed by atoms with Gasteiger partial charge in [-0.3, -0.25) is 0 Å². The van der Waals surface area contributed by atoms with Gasteiger partial charge in [0.25, 0.3) is 9.84 Å². The highest BCUT2D eigenvalue weighted by Crippen LogP contribution is 2.38. The third-order valence-corrected chi connectivity index (χ3v) is 6.32. The summed E-state index contributed by atoms with van der Waals surface area (Å²) in [7, 11) is -5.69. The molecule has 11 heteroatoms. The molecule has 154 valence electrons. The number of piperidine rings is 1. The molecule has 3 rings (SSSR count). The molecule has 2 aromatic rings. The minimum absolute atomic E-state index is 0.104. The van der Waals surface area contributed by atoms with Gasteiger partial charge in [-0.05, 0) is 44.9 Å². The van der Waals surface area contributed by atoms with Gasteiger partial charge in [-0.2, -0.15) is 13.2 Å². The summed E-state index contributed by atoms with van der Waals surface area (Å²) in [6.45, 7) is 4.54. The number of hydrogen-bond donors (Lipinski definition) is 0. The number of rotatable bonds is 4. The van der Waals surface area contributed by atoms with Crippen molar-refractivity contribution in [3.8, 4) is 0 Å². The van der Waals surface area contributed by atoms with Crippen LogP contribution in [0, 0.1) is 5.82 Å². The van der Waals surface area contributed by atoms with Gasteiger partial charge in [0.05, 0.1) is 5.69 Å². The average molecular weight is 420 g/mol. The summed E-state index contributed by atoms with van der Waals surface area (Å²) >= 11 is 0. The van der Waals surface area contributed by atoms with Crippen LogP contribution >= 0.6 is 0 Å². The first-order chi connectivity index (χ1) is 13.0. The highest BCUT2D eigenvalue weighted by atomic mass is 32.2. The Labute approximate surface area is 160 Å². The summed E-state index contributed by atoms with van der Waals surface area (Å²) < 4.78 is 78.7. The van der Waals surface area contributed by atoms with E-state index in [1.54, 1.807) is 11.2 Å². The maximum absolute atomic E-state index is 13.6. The molecular weight excluding hydrogens is 400 g/mol. The van der Waals surface area contributed by atoms with Crippen molar-refractivity contribution in [2.24, 2.45) is 0 Å². The molecule has 0 bridgehead atoms. The maximum Gasteiger partial charge on any atom is 0.501 e. The zero-order valence-electron chi connectivity index (χ0n) is 15.3. The van der Waals surface area contributed by atoms with Crippen LogP contribution in [0.1, 0.15) is 44.5 Å². The Morgan fingerprint density at radius 1 is 1.25 bits per heavy atom. The summed E-state index contributed by atoms with van der Waals surface area (Å²) in [5.74, 6) is -0.480. The van der Waals surface area contributed by atoms with E-state index in [1.165, 1.54) is 0 Å². The predicted octanol–water partition coefficient (Wildman–Crippen LogP) is 3.68. The molecule has 0 unspecified atom stereocenters. The summed E-state index contributed by atoms with van der Waals surface area (Å²) in [5.41, 5.74) is -5.67. The smallest absolute Gasteiger partial charge is 0.370 e. The van der Waals surface area contributed by atoms with Crippen LogP contribution < -0.4 is 4.90 Å². The van der Waals surface area contributed by atoms with Crippen LogP contribution in [0.15, 0.2) is 29.4 Å². The number of nitrogens with zero attached hydrogens (tertiary/aromatic N) is 4. The Balaban J connectivity index is 1.99. The molecule has 0 spiro atoms. The van der Waals surface area contributed by atoms with Crippen molar-refractivity contribution in [1.82, 2.24) is 14.8 Å². The van der Waals surface area contributed by atoms with Gasteiger partial charge in [0.1, 0.15) is 22.9 Å². The second kappa shape index (κ2) is 7.34. The number of anilines is 1. The molecule has 2 heterocycles.